The minimum absolute atomic E-state index is 0.123. The summed E-state index contributed by atoms with van der Waals surface area (Å²) < 4.78 is 12.3. The molecule has 8 heteroatoms. The smallest absolute Gasteiger partial charge is 0.260 e. The first-order valence-electron chi connectivity index (χ1n) is 10.7. The van der Waals surface area contributed by atoms with Crippen molar-refractivity contribution >= 4 is 57.0 Å². The number of ether oxygens (including phenoxy) is 2. The van der Waals surface area contributed by atoms with Crippen molar-refractivity contribution in [3.63, 3.8) is 0 Å². The number of anilines is 1. The Bertz CT molecular complexity index is 1220. The molecule has 4 rings (SSSR count). The van der Waals surface area contributed by atoms with Crippen LogP contribution in [0.25, 0.3) is 6.08 Å². The number of rotatable bonds is 8. The summed E-state index contributed by atoms with van der Waals surface area (Å²) in [6.07, 6.45) is 2.83. The summed E-state index contributed by atoms with van der Waals surface area (Å²) >= 11 is 11.3. The summed E-state index contributed by atoms with van der Waals surface area (Å²) in [5.41, 5.74) is 3.69. The number of benzene rings is 3. The summed E-state index contributed by atoms with van der Waals surface area (Å²) in [7, 11) is 1.59. The maximum atomic E-state index is 12.6. The molecule has 0 unspecified atom stereocenters. The van der Waals surface area contributed by atoms with E-state index in [2.05, 4.69) is 45.6 Å². The van der Waals surface area contributed by atoms with Gasteiger partial charge >= 0.3 is 0 Å². The van der Waals surface area contributed by atoms with Crippen LogP contribution in [0.1, 0.15) is 23.6 Å². The van der Waals surface area contributed by atoms with Gasteiger partial charge in [0.2, 0.25) is 0 Å². The van der Waals surface area contributed by atoms with E-state index in [4.69, 9.17) is 21.1 Å². The third-order valence-corrected chi connectivity index (χ3v) is 7.26. The molecule has 3 aromatic carbocycles. The van der Waals surface area contributed by atoms with E-state index in [1.165, 1.54) is 17.3 Å². The number of carbonyl (C=O) groups excluding carboxylic acids is 1. The van der Waals surface area contributed by atoms with Crippen LogP contribution in [0.15, 0.2) is 70.0 Å². The Balaban J connectivity index is 1.48. The molecule has 34 heavy (non-hydrogen) atoms. The Hall–Kier alpha value is -2.61. The van der Waals surface area contributed by atoms with Crippen molar-refractivity contribution in [2.45, 2.75) is 25.4 Å². The molecule has 0 saturated carbocycles. The lowest BCUT2D eigenvalue weighted by Gasteiger charge is -2.14. The van der Waals surface area contributed by atoms with Crippen molar-refractivity contribution < 1.29 is 14.3 Å². The third-order valence-electron chi connectivity index (χ3n) is 5.27. The molecule has 1 amide bonds. The number of aryl methyl sites for hydroxylation is 1. The fraction of sp³-hybridized carbons (Fsp3) is 0.192. The van der Waals surface area contributed by atoms with Gasteiger partial charge in [-0.25, -0.2) is 0 Å². The lowest BCUT2D eigenvalue weighted by atomic mass is 10.1. The van der Waals surface area contributed by atoms with E-state index in [9.17, 15) is 4.79 Å². The lowest BCUT2D eigenvalue weighted by molar-refractivity contribution is -0.116. The summed E-state index contributed by atoms with van der Waals surface area (Å²) in [4.78, 5) is 13.2. The highest BCUT2D eigenvalue weighted by Crippen LogP contribution is 2.39. The highest BCUT2D eigenvalue weighted by Gasteiger charge is 2.27. The maximum absolute atomic E-state index is 12.6. The number of amides is 1. The third kappa shape index (κ3) is 5.90. The zero-order valence-electron chi connectivity index (χ0n) is 18.7. The van der Waals surface area contributed by atoms with Gasteiger partial charge in [-0.15, -0.1) is 0 Å². The number of carbonyl (C=O) groups is 1. The molecular formula is C26H24BrClN2O3S. The molecular weight excluding hydrogens is 536 g/mol. The molecule has 1 fully saturated rings. The van der Waals surface area contributed by atoms with E-state index in [1.54, 1.807) is 7.11 Å². The summed E-state index contributed by atoms with van der Waals surface area (Å²) in [6, 6.07) is 19.5. The minimum atomic E-state index is -0.241. The highest BCUT2D eigenvalue weighted by molar-refractivity contribution is 9.10. The molecule has 1 heterocycles. The van der Waals surface area contributed by atoms with Gasteiger partial charge in [0.15, 0.2) is 17.0 Å². The van der Waals surface area contributed by atoms with Gasteiger partial charge in [0.25, 0.3) is 5.91 Å². The van der Waals surface area contributed by atoms with E-state index in [-0.39, 0.29) is 11.4 Å². The number of thioether (sulfide) groups is 1. The van der Waals surface area contributed by atoms with Gasteiger partial charge in [0, 0.05) is 16.3 Å². The average Bonchev–Trinajstić information content (AvgIpc) is 3.17. The van der Waals surface area contributed by atoms with Gasteiger partial charge in [-0.05, 0) is 69.9 Å². The number of nitrogens with one attached hydrogen (secondary N) is 2. The van der Waals surface area contributed by atoms with Crippen molar-refractivity contribution in [3.8, 4) is 11.5 Å². The molecule has 0 spiro atoms. The van der Waals surface area contributed by atoms with Gasteiger partial charge in [0.05, 0.1) is 16.5 Å². The van der Waals surface area contributed by atoms with E-state index < -0.39 is 0 Å². The molecule has 1 aliphatic heterocycles. The van der Waals surface area contributed by atoms with Crippen molar-refractivity contribution in [3.05, 3.63) is 91.8 Å². The molecule has 0 radical (unpaired) electrons. The number of hydrogen-bond acceptors (Lipinski definition) is 5. The van der Waals surface area contributed by atoms with Crippen molar-refractivity contribution in [2.24, 2.45) is 0 Å². The standard InChI is InChI=1S/C26H24BrClN2O3S/c1-3-16-8-10-19(11-9-16)29-26-30-25(31)23(34-26)14-17-12-20(27)24(22(13-17)32-2)33-15-18-6-4-5-7-21(18)28/h4-14,26,29H,3,15H2,1-2H3,(H,30,31)/b23-14+/t26-/m0/s1. The van der Waals surface area contributed by atoms with E-state index in [0.717, 1.165) is 27.7 Å². The topological polar surface area (TPSA) is 59.6 Å². The van der Waals surface area contributed by atoms with Gasteiger partial charge in [-0.3, -0.25) is 4.79 Å². The minimum Gasteiger partial charge on any atom is -0.493 e. The molecule has 2 N–H and O–H groups in total. The van der Waals surface area contributed by atoms with E-state index >= 15 is 0 Å². The number of methoxy groups -OCH3 is 1. The largest absolute Gasteiger partial charge is 0.493 e. The van der Waals surface area contributed by atoms with Crippen LogP contribution < -0.4 is 20.1 Å². The predicted molar refractivity (Wildman–Crippen MR) is 143 cm³/mol. The fourth-order valence-electron chi connectivity index (χ4n) is 3.43. The summed E-state index contributed by atoms with van der Waals surface area (Å²) in [5, 5.41) is 6.95. The van der Waals surface area contributed by atoms with E-state index in [0.29, 0.717) is 28.0 Å². The Morgan fingerprint density at radius 3 is 2.65 bits per heavy atom. The molecule has 3 aromatic rings. The van der Waals surface area contributed by atoms with Crippen LogP contribution in [0.4, 0.5) is 5.69 Å². The second kappa shape index (κ2) is 11.2. The predicted octanol–water partition coefficient (Wildman–Crippen LogP) is 6.85. The van der Waals surface area contributed by atoms with Crippen LogP contribution >= 0.6 is 39.3 Å². The molecule has 0 bridgehead atoms. The van der Waals surface area contributed by atoms with Gasteiger partial charge in [-0.1, -0.05) is 60.6 Å². The number of halogens is 2. The lowest BCUT2D eigenvalue weighted by Crippen LogP contribution is -2.30. The van der Waals surface area contributed by atoms with Gasteiger partial charge in [0.1, 0.15) is 6.61 Å². The van der Waals surface area contributed by atoms with Crippen LogP contribution in [0.3, 0.4) is 0 Å². The molecule has 5 nitrogen and oxygen atoms in total. The Morgan fingerprint density at radius 2 is 1.94 bits per heavy atom. The first-order chi connectivity index (χ1) is 16.5. The first kappa shape index (κ1) is 24.5. The summed E-state index contributed by atoms with van der Waals surface area (Å²) in [5.74, 6) is 1.01. The highest BCUT2D eigenvalue weighted by atomic mass is 79.9. The Kier molecular flexibility index (Phi) is 8.08. The first-order valence-corrected chi connectivity index (χ1v) is 12.8. The Labute approximate surface area is 217 Å². The van der Waals surface area contributed by atoms with Crippen molar-refractivity contribution in [1.82, 2.24) is 5.32 Å². The van der Waals surface area contributed by atoms with E-state index in [1.807, 2.05) is 54.6 Å². The molecule has 176 valence electrons. The van der Waals surface area contributed by atoms with Crippen molar-refractivity contribution in [2.75, 3.05) is 12.4 Å². The fourth-order valence-corrected chi connectivity index (χ4v) is 5.18. The van der Waals surface area contributed by atoms with Crippen LogP contribution in [-0.4, -0.2) is 18.5 Å². The molecule has 0 aromatic heterocycles. The second-order valence-corrected chi connectivity index (χ2v) is 10.00. The monoisotopic (exact) mass is 558 g/mol. The van der Waals surface area contributed by atoms with Crippen LogP contribution in [0, 0.1) is 0 Å². The molecule has 1 saturated heterocycles. The second-order valence-electron chi connectivity index (χ2n) is 7.59. The van der Waals surface area contributed by atoms with Crippen LogP contribution in [-0.2, 0) is 17.8 Å². The van der Waals surface area contributed by atoms with Gasteiger partial charge < -0.3 is 20.1 Å². The normalized spacial score (nSPS) is 16.4. The zero-order chi connectivity index (χ0) is 24.1. The van der Waals surface area contributed by atoms with Gasteiger partial charge in [-0.2, -0.15) is 0 Å². The SMILES string of the molecule is CCc1ccc(N[C@H]2NC(=O)/C(=C\c3cc(Br)c(OCc4ccccc4Cl)c(OC)c3)S2)cc1. The molecule has 0 aliphatic carbocycles. The van der Waals surface area contributed by atoms with Crippen molar-refractivity contribution in [1.29, 1.82) is 0 Å². The summed E-state index contributed by atoms with van der Waals surface area (Å²) in [6.45, 7) is 2.43. The molecule has 1 aliphatic rings. The van der Waals surface area contributed by atoms with Crippen LogP contribution in [0.2, 0.25) is 5.02 Å². The van der Waals surface area contributed by atoms with Crippen LogP contribution in [0.5, 0.6) is 11.5 Å². The average molecular weight is 560 g/mol. The zero-order valence-corrected chi connectivity index (χ0v) is 21.9. The Morgan fingerprint density at radius 1 is 1.18 bits per heavy atom. The molecule has 1 atom stereocenters. The maximum Gasteiger partial charge on any atom is 0.260 e. The quantitative estimate of drug-likeness (QED) is 0.296. The number of hydrogen-bond donors (Lipinski definition) is 2.